The first-order chi connectivity index (χ1) is 13.5. The Bertz CT molecular complexity index is 878. The topological polar surface area (TPSA) is 49.9 Å². The van der Waals surface area contributed by atoms with Crippen LogP contribution in [0.2, 0.25) is 5.02 Å². The van der Waals surface area contributed by atoms with E-state index in [1.54, 1.807) is 43.1 Å². The van der Waals surface area contributed by atoms with Gasteiger partial charge >= 0.3 is 0 Å². The van der Waals surface area contributed by atoms with Crippen molar-refractivity contribution >= 4 is 40.9 Å². The minimum Gasteiger partial charge on any atom is -0.497 e. The number of piperidine rings is 1. The molecule has 5 nitrogen and oxygen atoms in total. The molecule has 0 unspecified atom stereocenters. The van der Waals surface area contributed by atoms with E-state index in [9.17, 15) is 9.59 Å². The molecule has 0 bridgehead atoms. The number of nitrogens with zero attached hydrogens (tertiary/aromatic N) is 2. The van der Waals surface area contributed by atoms with Crippen molar-refractivity contribution in [1.82, 2.24) is 4.90 Å². The summed E-state index contributed by atoms with van der Waals surface area (Å²) in [4.78, 5) is 28.9. The zero-order chi connectivity index (χ0) is 19.7. The maximum atomic E-state index is 12.8. The predicted octanol–water partition coefficient (Wildman–Crippen LogP) is 4.06. The van der Waals surface area contributed by atoms with Crippen LogP contribution in [0.5, 0.6) is 5.75 Å². The SMILES string of the molecule is COc1ccc(C(=O)N2CCC3(CC2)SCC(=O)N3c2ccc(Cl)cc2)cc1. The number of halogens is 1. The van der Waals surface area contributed by atoms with Crippen LogP contribution in [-0.2, 0) is 4.79 Å². The first-order valence-corrected chi connectivity index (χ1v) is 10.5. The van der Waals surface area contributed by atoms with E-state index in [0.717, 1.165) is 24.3 Å². The van der Waals surface area contributed by atoms with Crippen molar-refractivity contribution in [2.45, 2.75) is 17.7 Å². The third-order valence-corrected chi connectivity index (χ3v) is 7.15. The number of rotatable bonds is 3. The molecule has 7 heteroatoms. The Morgan fingerprint density at radius 3 is 2.32 bits per heavy atom. The summed E-state index contributed by atoms with van der Waals surface area (Å²) in [5, 5.41) is 0.650. The van der Waals surface area contributed by atoms with Crippen LogP contribution in [0.15, 0.2) is 48.5 Å². The van der Waals surface area contributed by atoms with Gasteiger partial charge in [0.05, 0.1) is 17.7 Å². The quantitative estimate of drug-likeness (QED) is 0.757. The molecule has 2 saturated heterocycles. The highest BCUT2D eigenvalue weighted by atomic mass is 35.5. The molecule has 0 atom stereocenters. The summed E-state index contributed by atoms with van der Waals surface area (Å²) in [6.07, 6.45) is 1.49. The summed E-state index contributed by atoms with van der Waals surface area (Å²) in [5.41, 5.74) is 1.52. The lowest BCUT2D eigenvalue weighted by molar-refractivity contribution is -0.116. The molecular formula is C21H21ClN2O3S. The summed E-state index contributed by atoms with van der Waals surface area (Å²) in [6.45, 7) is 1.24. The number of hydrogen-bond donors (Lipinski definition) is 0. The monoisotopic (exact) mass is 416 g/mol. The van der Waals surface area contributed by atoms with E-state index in [1.165, 1.54) is 0 Å². The first-order valence-electron chi connectivity index (χ1n) is 9.18. The third kappa shape index (κ3) is 3.47. The van der Waals surface area contributed by atoms with Gasteiger partial charge in [-0.3, -0.25) is 14.5 Å². The Morgan fingerprint density at radius 2 is 1.71 bits per heavy atom. The maximum absolute atomic E-state index is 12.8. The minimum absolute atomic E-state index is 0.0184. The van der Waals surface area contributed by atoms with Crippen LogP contribution in [0.1, 0.15) is 23.2 Å². The maximum Gasteiger partial charge on any atom is 0.253 e. The van der Waals surface area contributed by atoms with Crippen molar-refractivity contribution in [2.24, 2.45) is 0 Å². The normalized spacial score (nSPS) is 18.6. The van der Waals surface area contributed by atoms with Gasteiger partial charge in [0.15, 0.2) is 0 Å². The van der Waals surface area contributed by atoms with E-state index < -0.39 is 0 Å². The standard InChI is InChI=1S/C21H21ClN2O3S/c1-27-18-8-2-15(3-9-18)20(26)23-12-10-21(11-13-23)24(19(25)14-28-21)17-6-4-16(22)5-7-17/h2-9H,10-14H2,1H3. The average Bonchev–Trinajstić information content (AvgIpc) is 3.04. The van der Waals surface area contributed by atoms with Gasteiger partial charge in [0.2, 0.25) is 5.91 Å². The smallest absolute Gasteiger partial charge is 0.253 e. The highest BCUT2D eigenvalue weighted by Crippen LogP contribution is 2.47. The molecular weight excluding hydrogens is 396 g/mol. The minimum atomic E-state index is -0.290. The van der Waals surface area contributed by atoms with E-state index >= 15 is 0 Å². The number of benzene rings is 2. The van der Waals surface area contributed by atoms with Crippen LogP contribution in [0, 0.1) is 0 Å². The van der Waals surface area contributed by atoms with Crippen LogP contribution in [0.4, 0.5) is 5.69 Å². The van der Waals surface area contributed by atoms with Crippen molar-refractivity contribution in [1.29, 1.82) is 0 Å². The third-order valence-electron chi connectivity index (χ3n) is 5.37. The molecule has 0 N–H and O–H groups in total. The number of likely N-dealkylation sites (tertiary alicyclic amines) is 1. The highest BCUT2D eigenvalue weighted by molar-refractivity contribution is 8.02. The van der Waals surface area contributed by atoms with Crippen LogP contribution < -0.4 is 9.64 Å². The number of ether oxygens (including phenoxy) is 1. The second-order valence-corrected chi connectivity index (χ2v) is 8.73. The van der Waals surface area contributed by atoms with Crippen LogP contribution in [-0.4, -0.2) is 47.5 Å². The molecule has 0 aromatic heterocycles. The van der Waals surface area contributed by atoms with Gasteiger partial charge in [0, 0.05) is 29.4 Å². The lowest BCUT2D eigenvalue weighted by Crippen LogP contribution is -2.53. The van der Waals surface area contributed by atoms with Crippen molar-refractivity contribution in [3.63, 3.8) is 0 Å². The number of hydrogen-bond acceptors (Lipinski definition) is 4. The molecule has 4 rings (SSSR count). The van der Waals surface area contributed by atoms with Crippen molar-refractivity contribution in [3.8, 4) is 5.75 Å². The van der Waals surface area contributed by atoms with Crippen LogP contribution in [0.25, 0.3) is 0 Å². The van der Waals surface area contributed by atoms with E-state index in [-0.39, 0.29) is 16.7 Å². The second-order valence-electron chi connectivity index (χ2n) is 6.96. The molecule has 0 radical (unpaired) electrons. The van der Waals surface area contributed by atoms with Gasteiger partial charge in [0.1, 0.15) is 5.75 Å². The zero-order valence-corrected chi connectivity index (χ0v) is 17.1. The van der Waals surface area contributed by atoms with Gasteiger partial charge in [-0.1, -0.05) is 11.6 Å². The second kappa shape index (κ2) is 7.68. The molecule has 2 aliphatic rings. The van der Waals surface area contributed by atoms with Gasteiger partial charge in [-0.2, -0.15) is 0 Å². The number of thioether (sulfide) groups is 1. The van der Waals surface area contributed by atoms with Crippen molar-refractivity contribution in [3.05, 3.63) is 59.1 Å². The van der Waals surface area contributed by atoms with Gasteiger partial charge in [-0.25, -0.2) is 0 Å². The Kier molecular flexibility index (Phi) is 5.25. The molecule has 2 heterocycles. The molecule has 1 spiro atoms. The molecule has 0 aliphatic carbocycles. The number of anilines is 1. The summed E-state index contributed by atoms with van der Waals surface area (Å²) in [5.74, 6) is 1.33. The zero-order valence-electron chi connectivity index (χ0n) is 15.6. The van der Waals surface area contributed by atoms with E-state index in [4.69, 9.17) is 16.3 Å². The summed E-state index contributed by atoms with van der Waals surface area (Å²) < 4.78 is 5.16. The summed E-state index contributed by atoms with van der Waals surface area (Å²) >= 11 is 7.69. The number of carbonyl (C=O) groups excluding carboxylic acids is 2. The van der Waals surface area contributed by atoms with E-state index in [2.05, 4.69) is 0 Å². The Morgan fingerprint density at radius 1 is 1.07 bits per heavy atom. The van der Waals surface area contributed by atoms with E-state index in [1.807, 2.05) is 34.1 Å². The Balaban J connectivity index is 1.49. The Hall–Kier alpha value is -2.18. The lowest BCUT2D eigenvalue weighted by Gasteiger charge is -2.44. The summed E-state index contributed by atoms with van der Waals surface area (Å²) in [6, 6.07) is 14.6. The molecule has 28 heavy (non-hydrogen) atoms. The Labute approximate surface area is 173 Å². The van der Waals surface area contributed by atoms with Crippen LogP contribution >= 0.6 is 23.4 Å². The molecule has 2 aliphatic heterocycles. The van der Waals surface area contributed by atoms with E-state index in [0.29, 0.717) is 29.4 Å². The fourth-order valence-electron chi connectivity index (χ4n) is 3.87. The van der Waals surface area contributed by atoms with Crippen LogP contribution in [0.3, 0.4) is 0 Å². The highest BCUT2D eigenvalue weighted by Gasteiger charge is 2.49. The molecule has 2 amide bonds. The van der Waals surface area contributed by atoms with Gasteiger partial charge in [0.25, 0.3) is 5.91 Å². The van der Waals surface area contributed by atoms with Gasteiger partial charge < -0.3 is 9.64 Å². The predicted molar refractivity (Wildman–Crippen MR) is 112 cm³/mol. The fraction of sp³-hybridized carbons (Fsp3) is 0.333. The number of amides is 2. The lowest BCUT2D eigenvalue weighted by atomic mass is 10.00. The first kappa shape index (κ1) is 19.2. The van der Waals surface area contributed by atoms with Gasteiger partial charge in [-0.15, -0.1) is 11.8 Å². The molecule has 2 fully saturated rings. The van der Waals surface area contributed by atoms with Crippen molar-refractivity contribution < 1.29 is 14.3 Å². The van der Waals surface area contributed by atoms with Gasteiger partial charge in [-0.05, 0) is 61.4 Å². The number of methoxy groups -OCH3 is 1. The average molecular weight is 417 g/mol. The molecule has 2 aromatic rings. The fourth-order valence-corrected chi connectivity index (χ4v) is 5.32. The largest absolute Gasteiger partial charge is 0.497 e. The molecule has 0 saturated carbocycles. The molecule has 146 valence electrons. The number of carbonyl (C=O) groups is 2. The molecule has 2 aromatic carbocycles. The summed E-state index contributed by atoms with van der Waals surface area (Å²) in [7, 11) is 1.61. The van der Waals surface area contributed by atoms with Crippen molar-refractivity contribution in [2.75, 3.05) is 30.9 Å².